The van der Waals surface area contributed by atoms with Gasteiger partial charge in [-0.1, -0.05) is 38.4 Å². The summed E-state index contributed by atoms with van der Waals surface area (Å²) in [6.07, 6.45) is -1.43. The molecule has 35 heavy (non-hydrogen) atoms. The van der Waals surface area contributed by atoms with Gasteiger partial charge in [-0.15, -0.1) is 0 Å². The zero-order valence-electron chi connectivity index (χ0n) is 21.2. The number of aliphatic carboxylic acids is 1. The molecular formula is C24H33ClFNO6SSi. The molecule has 0 spiro atoms. The first-order chi connectivity index (χ1) is 15.9. The van der Waals surface area contributed by atoms with Crippen LogP contribution in [0.2, 0.25) is 23.2 Å². The van der Waals surface area contributed by atoms with E-state index in [9.17, 15) is 18.3 Å². The maximum atomic E-state index is 15.2. The lowest BCUT2D eigenvalue weighted by atomic mass is 9.94. The molecule has 0 aromatic heterocycles. The molecule has 0 saturated carbocycles. The summed E-state index contributed by atoms with van der Waals surface area (Å²) < 4.78 is 55.7. The summed E-state index contributed by atoms with van der Waals surface area (Å²) in [6.45, 7) is 13.1. The first kappa shape index (κ1) is 29.2. The number of aryl methyl sites for hydroxylation is 1. The molecule has 194 valence electrons. The zero-order valence-corrected chi connectivity index (χ0v) is 23.8. The molecule has 2 atom stereocenters. The van der Waals surface area contributed by atoms with Gasteiger partial charge in [0.15, 0.2) is 8.32 Å². The van der Waals surface area contributed by atoms with Crippen molar-refractivity contribution >= 4 is 35.9 Å². The summed E-state index contributed by atoms with van der Waals surface area (Å²) in [6, 6.07) is 4.85. The molecule has 0 saturated heterocycles. The second-order valence-electron chi connectivity index (χ2n) is 9.93. The summed E-state index contributed by atoms with van der Waals surface area (Å²) in [4.78, 5) is 12.2. The van der Waals surface area contributed by atoms with Crippen molar-refractivity contribution in [3.05, 3.63) is 57.9 Å². The quantitative estimate of drug-likeness (QED) is 0.398. The van der Waals surface area contributed by atoms with E-state index in [1.54, 1.807) is 19.9 Å². The number of nitrogens with one attached hydrogen (secondary N) is 1. The van der Waals surface area contributed by atoms with E-state index in [-0.39, 0.29) is 26.3 Å². The Morgan fingerprint density at radius 3 is 2.29 bits per heavy atom. The molecule has 0 amide bonds. The van der Waals surface area contributed by atoms with E-state index in [4.69, 9.17) is 20.8 Å². The molecule has 0 heterocycles. The molecule has 0 aliphatic carbocycles. The average molecular weight is 546 g/mol. The Morgan fingerprint density at radius 1 is 1.17 bits per heavy atom. The fourth-order valence-corrected chi connectivity index (χ4v) is 6.02. The van der Waals surface area contributed by atoms with Gasteiger partial charge in [-0.3, -0.25) is 4.79 Å². The normalized spacial score (nSPS) is 14.5. The van der Waals surface area contributed by atoms with E-state index >= 15 is 4.39 Å². The third kappa shape index (κ3) is 6.42. The highest BCUT2D eigenvalue weighted by molar-refractivity contribution is 7.89. The van der Waals surface area contributed by atoms with Gasteiger partial charge in [0.25, 0.3) is 0 Å². The first-order valence-electron chi connectivity index (χ1n) is 10.9. The van der Waals surface area contributed by atoms with Crippen LogP contribution in [0.5, 0.6) is 5.75 Å². The molecule has 2 aromatic rings. The molecule has 0 aliphatic heterocycles. The van der Waals surface area contributed by atoms with Crippen molar-refractivity contribution in [2.75, 3.05) is 7.11 Å². The van der Waals surface area contributed by atoms with E-state index in [2.05, 4.69) is 4.72 Å². The standard InChI is InChI=1S/C24H33ClFNO6SSi/c1-14-9-11-17(26)20(15(14)2)22(33-35(7,8)24(3,4)5)21(23(28)29)27-34(30,31)19-12-10-16(25)13-18(19)32-6/h9-13,21-22,27H,1-8H3,(H,28,29)/t21-,22?/m0/s1. The molecule has 0 bridgehead atoms. The number of hydrogen-bond acceptors (Lipinski definition) is 5. The third-order valence-corrected chi connectivity index (χ3v) is 12.7. The Morgan fingerprint density at radius 2 is 1.77 bits per heavy atom. The second-order valence-corrected chi connectivity index (χ2v) is 16.8. The lowest BCUT2D eigenvalue weighted by Crippen LogP contribution is -2.51. The van der Waals surface area contributed by atoms with Crippen molar-refractivity contribution in [1.82, 2.24) is 4.72 Å². The molecule has 2 aromatic carbocycles. The smallest absolute Gasteiger partial charge is 0.324 e. The van der Waals surface area contributed by atoms with Crippen LogP contribution in [0.3, 0.4) is 0 Å². The molecule has 0 fully saturated rings. The summed E-state index contributed by atoms with van der Waals surface area (Å²) in [5.41, 5.74) is 1.22. The molecule has 2 rings (SSSR count). The Hall–Kier alpha value is -1.98. The van der Waals surface area contributed by atoms with Crippen molar-refractivity contribution in [3.8, 4) is 5.75 Å². The van der Waals surface area contributed by atoms with Crippen LogP contribution in [-0.4, -0.2) is 41.0 Å². The van der Waals surface area contributed by atoms with Gasteiger partial charge in [0.05, 0.1) is 7.11 Å². The largest absolute Gasteiger partial charge is 0.495 e. The van der Waals surface area contributed by atoms with Crippen molar-refractivity contribution in [1.29, 1.82) is 0 Å². The number of hydrogen-bond donors (Lipinski definition) is 2. The van der Waals surface area contributed by atoms with Crippen LogP contribution in [0.25, 0.3) is 0 Å². The Balaban J connectivity index is 2.72. The highest BCUT2D eigenvalue weighted by Gasteiger charge is 2.45. The van der Waals surface area contributed by atoms with Gasteiger partial charge in [0, 0.05) is 16.7 Å². The van der Waals surface area contributed by atoms with Crippen LogP contribution in [0.4, 0.5) is 4.39 Å². The average Bonchev–Trinajstić information content (AvgIpc) is 2.72. The fourth-order valence-electron chi connectivity index (χ4n) is 3.28. The predicted molar refractivity (Wildman–Crippen MR) is 137 cm³/mol. The Labute approximate surface area is 212 Å². The van der Waals surface area contributed by atoms with Gasteiger partial charge in [-0.25, -0.2) is 12.8 Å². The van der Waals surface area contributed by atoms with Crippen molar-refractivity contribution in [2.45, 2.75) is 69.8 Å². The van der Waals surface area contributed by atoms with E-state index < -0.39 is 42.3 Å². The topological polar surface area (TPSA) is 102 Å². The van der Waals surface area contributed by atoms with Gasteiger partial charge in [-0.05, 0) is 61.3 Å². The number of carboxylic acids is 1. The highest BCUT2D eigenvalue weighted by Crippen LogP contribution is 2.42. The lowest BCUT2D eigenvalue weighted by molar-refractivity contribution is -0.141. The predicted octanol–water partition coefficient (Wildman–Crippen LogP) is 5.60. The minimum atomic E-state index is -4.45. The first-order valence-corrected chi connectivity index (χ1v) is 15.7. The summed E-state index contributed by atoms with van der Waals surface area (Å²) in [5, 5.41) is 10.1. The highest BCUT2D eigenvalue weighted by atomic mass is 35.5. The van der Waals surface area contributed by atoms with Crippen LogP contribution in [0.15, 0.2) is 35.2 Å². The van der Waals surface area contributed by atoms with Crippen molar-refractivity contribution < 1.29 is 31.9 Å². The number of rotatable bonds is 9. The molecule has 0 radical (unpaired) electrons. The Bertz CT molecular complexity index is 1210. The van der Waals surface area contributed by atoms with Crippen molar-refractivity contribution in [2.24, 2.45) is 0 Å². The van der Waals surface area contributed by atoms with Gasteiger partial charge in [-0.2, -0.15) is 4.72 Å². The number of sulfonamides is 1. The lowest BCUT2D eigenvalue weighted by Gasteiger charge is -2.41. The van der Waals surface area contributed by atoms with Crippen LogP contribution in [0.1, 0.15) is 43.6 Å². The van der Waals surface area contributed by atoms with Gasteiger partial charge in [0.2, 0.25) is 10.0 Å². The summed E-state index contributed by atoms with van der Waals surface area (Å²) >= 11 is 5.95. The maximum Gasteiger partial charge on any atom is 0.324 e. The number of methoxy groups -OCH3 is 1. The van der Waals surface area contributed by atoms with Crippen LogP contribution in [-0.2, 0) is 19.2 Å². The monoisotopic (exact) mass is 545 g/mol. The minimum Gasteiger partial charge on any atom is -0.495 e. The van der Waals surface area contributed by atoms with Gasteiger partial charge < -0.3 is 14.3 Å². The van der Waals surface area contributed by atoms with Crippen molar-refractivity contribution in [3.63, 3.8) is 0 Å². The van der Waals surface area contributed by atoms with E-state index in [1.165, 1.54) is 31.4 Å². The molecule has 1 unspecified atom stereocenters. The molecular weight excluding hydrogens is 513 g/mol. The number of halogens is 2. The van der Waals surface area contributed by atoms with Crippen LogP contribution < -0.4 is 9.46 Å². The molecule has 0 aliphatic rings. The number of carbonyl (C=O) groups is 1. The summed E-state index contributed by atoms with van der Waals surface area (Å²) in [7, 11) is -5.88. The maximum absolute atomic E-state index is 15.2. The SMILES string of the molecule is COc1cc(Cl)ccc1S(=O)(=O)N[C@H](C(=O)O)C(O[Si](C)(C)C(C)(C)C)c1c(F)ccc(C)c1C. The molecule has 2 N–H and O–H groups in total. The fraction of sp³-hybridized carbons (Fsp3) is 0.458. The second kappa shape index (κ2) is 10.6. The number of carboxylic acid groups (broad SMARTS) is 1. The molecule has 7 nitrogen and oxygen atoms in total. The van der Waals surface area contributed by atoms with E-state index in [0.717, 1.165) is 5.56 Å². The van der Waals surface area contributed by atoms with E-state index in [0.29, 0.717) is 5.56 Å². The summed E-state index contributed by atoms with van der Waals surface area (Å²) in [5.74, 6) is -2.24. The Kier molecular flexibility index (Phi) is 8.82. The minimum absolute atomic E-state index is 0.00740. The van der Waals surface area contributed by atoms with Gasteiger partial charge >= 0.3 is 5.97 Å². The third-order valence-electron chi connectivity index (χ3n) is 6.51. The van der Waals surface area contributed by atoms with Crippen LogP contribution in [0, 0.1) is 19.7 Å². The van der Waals surface area contributed by atoms with Gasteiger partial charge in [0.1, 0.15) is 28.6 Å². The number of ether oxygens (including phenoxy) is 1. The van der Waals surface area contributed by atoms with E-state index in [1.807, 2.05) is 33.9 Å². The number of benzene rings is 2. The molecule has 11 heteroatoms. The zero-order chi connectivity index (χ0) is 26.9. The van der Waals surface area contributed by atoms with Crippen LogP contribution >= 0.6 is 11.6 Å².